The van der Waals surface area contributed by atoms with Crippen LogP contribution in [0.5, 0.6) is 46.4 Å². The van der Waals surface area contributed by atoms with Gasteiger partial charge < -0.3 is 97.0 Å². The molecule has 6 heterocycles. The number of aromatic nitrogens is 7. The van der Waals surface area contributed by atoms with E-state index in [0.29, 0.717) is 128 Å². The Morgan fingerprint density at radius 1 is 0.326 bits per heavy atom. The molecule has 710 valence electrons. The minimum absolute atomic E-state index is 0.0206. The first-order valence-electron chi connectivity index (χ1n) is 44.5. The van der Waals surface area contributed by atoms with Crippen molar-refractivity contribution in [3.8, 4) is 64.6 Å². The summed E-state index contributed by atoms with van der Waals surface area (Å²) in [5.41, 5.74) is 4.48. The first-order valence-corrected chi connectivity index (χ1v) is 45.6. The van der Waals surface area contributed by atoms with Crippen LogP contribution in [0.25, 0.3) is 0 Å². The number of aliphatic hydroxyl groups is 3. The normalized spacial score (nSPS) is 10.4. The van der Waals surface area contributed by atoms with Gasteiger partial charge in [-0.1, -0.05) is 113 Å². The molecule has 33 heteroatoms. The van der Waals surface area contributed by atoms with Gasteiger partial charge in [0.25, 0.3) is 0 Å². The Labute approximate surface area is 776 Å². The highest BCUT2D eigenvalue weighted by Crippen LogP contribution is 2.17. The van der Waals surface area contributed by atoms with Gasteiger partial charge in [0.2, 0.25) is 17.6 Å². The molecule has 3 N–H and O–H groups in total. The van der Waals surface area contributed by atoms with Crippen LogP contribution in [0.15, 0.2) is 152 Å². The quantitative estimate of drug-likeness (QED) is 0.0235. The number of hydrogen-bond donors (Lipinski definition) is 3. The SMILES string of the molecule is CCN(CC)CCOc1ccc(C#N)cn1.CCN(CC)CCOc1ccc(C#N)nc1.CCN(CC)CCOc1ccc(C#N)nc1.CCN(CC)CCOc1ccc(CO)cn1.CCN(CC)CCOc1ccc(CO)nc1.CCN(CC)CCOc1ccc(CO)nn1.CCOC(=O)c1ccc(OCCN(CC)CC)cc1.COC(=O)c1ccc(OCCBr)cc1. The number of likely N-dealkylation sites (N-methyl/N-ethyl adjacent to an activating group) is 7. The first-order chi connectivity index (χ1) is 62.8. The fourth-order valence-corrected chi connectivity index (χ4v) is 11.1. The van der Waals surface area contributed by atoms with E-state index in [4.69, 9.17) is 73.7 Å². The molecule has 2 aromatic carbocycles. The monoisotopic (exact) mass is 1850 g/mol. The standard InChI is InChI=1S/C15H23NO3.3C12H17N3O.2C12H20N2O2.C11H19N3O2.C10H11BrO3/c1-4-16(5-2)11-12-19-14-9-7-13(8-10-14)15(17)18-6-3;2*1-3-15(4-2)7-8-16-12-6-5-11(9-13)14-10-12;1-3-15(4-2)7-8-16-12-6-5-11(9-13)10-14-12;1-3-14(4-2)7-8-16-12-6-5-11(10-15)13-9-12;1-3-14(4-2)7-8-16-12-6-5-11(10-15)9-13-12;1-3-14(4-2)7-8-16-11-6-5-10(9-15)12-13-11;1-13-10(12)8-2-4-9(5-3-8)14-7-6-11/h7-10H,4-6,11-12H2,1-3H3;3*5-6,10H,3-4,7-8H2,1-2H3;2*5-6,9,15H,3-4,7-8,10H2,1-2H3;5-6,15H,3-4,7-9H2,1-2H3;2-5H,6-7H2,1H3. The zero-order chi connectivity index (χ0) is 95.3. The van der Waals surface area contributed by atoms with Gasteiger partial charge in [-0.05, 0) is 207 Å². The van der Waals surface area contributed by atoms with E-state index in [2.05, 4.69) is 187 Å². The second-order valence-electron chi connectivity index (χ2n) is 27.2. The summed E-state index contributed by atoms with van der Waals surface area (Å²) in [4.78, 5) is 58.6. The Kier molecular flexibility index (Phi) is 69.5. The number of benzene rings is 2. The van der Waals surface area contributed by atoms with Crippen molar-refractivity contribution in [2.45, 2.75) is 124 Å². The van der Waals surface area contributed by atoms with E-state index in [1.165, 1.54) is 13.3 Å². The van der Waals surface area contributed by atoms with Crippen molar-refractivity contribution < 1.29 is 72.3 Å². The summed E-state index contributed by atoms with van der Waals surface area (Å²) in [5, 5.41) is 60.7. The van der Waals surface area contributed by atoms with Crippen LogP contribution in [-0.4, -0.2) is 306 Å². The number of alkyl halides is 1. The summed E-state index contributed by atoms with van der Waals surface area (Å²) >= 11 is 3.26. The predicted molar refractivity (Wildman–Crippen MR) is 508 cm³/mol. The zero-order valence-electron chi connectivity index (χ0n) is 79.2. The van der Waals surface area contributed by atoms with Crippen LogP contribution < -0.4 is 37.9 Å². The molecule has 0 aliphatic carbocycles. The van der Waals surface area contributed by atoms with E-state index in [9.17, 15) is 9.59 Å². The van der Waals surface area contributed by atoms with E-state index in [1.54, 1.807) is 141 Å². The number of hydrogen-bond acceptors (Lipinski definition) is 32. The summed E-state index contributed by atoms with van der Waals surface area (Å²) in [6.45, 7) is 57.9. The van der Waals surface area contributed by atoms with E-state index in [0.717, 1.165) is 166 Å². The molecule has 129 heavy (non-hydrogen) atoms. The molecule has 0 unspecified atom stereocenters. The van der Waals surface area contributed by atoms with Gasteiger partial charge in [0.05, 0.1) is 86.8 Å². The Morgan fingerprint density at radius 3 is 0.930 bits per heavy atom. The van der Waals surface area contributed by atoms with Gasteiger partial charge in [-0.15, -0.1) is 10.2 Å². The van der Waals surface area contributed by atoms with Gasteiger partial charge in [0, 0.05) is 81.7 Å². The van der Waals surface area contributed by atoms with Crippen molar-refractivity contribution >= 4 is 27.9 Å². The molecule has 32 nitrogen and oxygen atoms in total. The number of esters is 2. The molecular weight excluding hydrogens is 1710 g/mol. The molecule has 0 aliphatic heterocycles. The number of pyridine rings is 5. The molecule has 0 atom stereocenters. The lowest BCUT2D eigenvalue weighted by Gasteiger charge is -2.18. The van der Waals surface area contributed by atoms with E-state index < -0.39 is 0 Å². The number of ether oxygens (including phenoxy) is 10. The van der Waals surface area contributed by atoms with Crippen LogP contribution in [0.2, 0.25) is 0 Å². The Hall–Kier alpha value is -10.8. The van der Waals surface area contributed by atoms with Crippen molar-refractivity contribution in [1.29, 1.82) is 15.8 Å². The number of methoxy groups -OCH3 is 1. The smallest absolute Gasteiger partial charge is 0.338 e. The molecule has 0 bridgehead atoms. The topological polar surface area (TPSA) is 371 Å². The molecular formula is C96H144BrN17O15. The van der Waals surface area contributed by atoms with Gasteiger partial charge in [0.1, 0.15) is 105 Å². The average molecular weight is 1860 g/mol. The van der Waals surface area contributed by atoms with Crippen molar-refractivity contribution in [2.75, 3.05) is 209 Å². The van der Waals surface area contributed by atoms with E-state index in [1.807, 2.05) is 30.3 Å². The highest BCUT2D eigenvalue weighted by molar-refractivity contribution is 9.09. The fourth-order valence-electron chi connectivity index (χ4n) is 10.9. The molecule has 0 aliphatic rings. The molecule has 0 saturated carbocycles. The van der Waals surface area contributed by atoms with Crippen molar-refractivity contribution in [3.05, 3.63) is 197 Å². The third-order valence-corrected chi connectivity index (χ3v) is 19.6. The average Bonchev–Trinajstić information content (AvgIpc) is 0.881. The van der Waals surface area contributed by atoms with Gasteiger partial charge >= 0.3 is 11.9 Å². The van der Waals surface area contributed by atoms with Gasteiger partial charge in [0.15, 0.2) is 0 Å². The summed E-state index contributed by atoms with van der Waals surface area (Å²) < 4.78 is 53.5. The third kappa shape index (κ3) is 54.9. The maximum absolute atomic E-state index is 11.5. The van der Waals surface area contributed by atoms with E-state index in [-0.39, 0.29) is 31.8 Å². The lowest BCUT2D eigenvalue weighted by molar-refractivity contribution is 0.0525. The second kappa shape index (κ2) is 77.1. The Balaban J connectivity index is 0.000000738. The molecule has 0 radical (unpaired) electrons. The minimum atomic E-state index is -0.336. The number of halogens is 1. The predicted octanol–water partition coefficient (Wildman–Crippen LogP) is 13.1. The second-order valence-corrected chi connectivity index (χ2v) is 28.0. The maximum atomic E-state index is 11.5. The lowest BCUT2D eigenvalue weighted by atomic mass is 10.2. The number of carbonyl (C=O) groups excluding carboxylic acids is 2. The molecule has 0 saturated heterocycles. The summed E-state index contributed by atoms with van der Waals surface area (Å²) in [7, 11) is 1.36. The highest BCUT2D eigenvalue weighted by atomic mass is 79.9. The zero-order valence-corrected chi connectivity index (χ0v) is 80.8. The largest absolute Gasteiger partial charge is 0.493 e. The summed E-state index contributed by atoms with van der Waals surface area (Å²) in [6.07, 6.45) is 7.97. The van der Waals surface area contributed by atoms with Crippen molar-refractivity contribution in [3.63, 3.8) is 0 Å². The molecule has 6 aromatic heterocycles. The molecule has 0 fully saturated rings. The van der Waals surface area contributed by atoms with Crippen LogP contribution in [0, 0.1) is 34.0 Å². The van der Waals surface area contributed by atoms with Crippen molar-refractivity contribution in [2.24, 2.45) is 0 Å². The minimum Gasteiger partial charge on any atom is -0.493 e. The lowest BCUT2D eigenvalue weighted by Crippen LogP contribution is -2.28. The fraction of sp³-hybridized carbons (Fsp3) is 0.521. The first kappa shape index (κ1) is 116. The Morgan fingerprint density at radius 2 is 0.651 bits per heavy atom. The summed E-state index contributed by atoms with van der Waals surface area (Å²) in [5.74, 6) is 4.77. The van der Waals surface area contributed by atoms with Gasteiger partial charge in [-0.25, -0.2) is 29.5 Å². The van der Waals surface area contributed by atoms with E-state index >= 15 is 0 Å². The van der Waals surface area contributed by atoms with Crippen LogP contribution >= 0.6 is 15.9 Å². The molecule has 8 rings (SSSR count). The van der Waals surface area contributed by atoms with Crippen LogP contribution in [0.1, 0.15) is 158 Å². The number of nitrogens with zero attached hydrogens (tertiary/aromatic N) is 17. The van der Waals surface area contributed by atoms with Gasteiger partial charge in [-0.2, -0.15) is 15.8 Å². The van der Waals surface area contributed by atoms with Crippen molar-refractivity contribution in [1.82, 2.24) is 69.4 Å². The molecule has 0 spiro atoms. The highest BCUT2D eigenvalue weighted by Gasteiger charge is 2.11. The number of rotatable bonds is 51. The molecule has 8 aromatic rings. The number of carbonyl (C=O) groups is 2. The summed E-state index contributed by atoms with van der Waals surface area (Å²) in [6, 6.07) is 40.8. The number of nitriles is 3. The Bertz CT molecular complexity index is 3840. The van der Waals surface area contributed by atoms with Gasteiger partial charge in [-0.3, -0.25) is 4.98 Å². The molecule has 0 amide bonds. The van der Waals surface area contributed by atoms with Crippen LogP contribution in [0.4, 0.5) is 0 Å². The third-order valence-electron chi connectivity index (χ3n) is 19.3. The van der Waals surface area contributed by atoms with Crippen LogP contribution in [0.3, 0.4) is 0 Å². The number of aliphatic hydroxyl groups excluding tert-OH is 3. The van der Waals surface area contributed by atoms with Crippen LogP contribution in [-0.2, 0) is 29.3 Å². The maximum Gasteiger partial charge on any atom is 0.338 e.